The summed E-state index contributed by atoms with van der Waals surface area (Å²) < 4.78 is 0. The van der Waals surface area contributed by atoms with Gasteiger partial charge >= 0.3 is 0 Å². The summed E-state index contributed by atoms with van der Waals surface area (Å²) in [6, 6.07) is 5.41. The zero-order valence-corrected chi connectivity index (χ0v) is 15.0. The van der Waals surface area contributed by atoms with Crippen LogP contribution in [0.5, 0.6) is 0 Å². The first-order valence-electron chi connectivity index (χ1n) is 9.21. The van der Waals surface area contributed by atoms with Crippen LogP contribution in [0.15, 0.2) is 18.2 Å². The molecule has 134 valence electrons. The van der Waals surface area contributed by atoms with Gasteiger partial charge in [-0.3, -0.25) is 9.59 Å². The summed E-state index contributed by atoms with van der Waals surface area (Å²) in [5.74, 6) is 0.309. The summed E-state index contributed by atoms with van der Waals surface area (Å²) in [5.41, 5.74) is 0.753. The molecular formula is C19H24ClN3O2. The second-order valence-corrected chi connectivity index (χ2v) is 8.03. The monoisotopic (exact) mass is 361 g/mol. The fraction of sp³-hybridized carbons (Fsp3) is 0.579. The van der Waals surface area contributed by atoms with Crippen molar-refractivity contribution in [3.05, 3.63) is 28.8 Å². The average molecular weight is 362 g/mol. The lowest BCUT2D eigenvalue weighted by Crippen LogP contribution is -2.44. The molecule has 5 nitrogen and oxygen atoms in total. The highest BCUT2D eigenvalue weighted by Gasteiger charge is 2.49. The first-order valence-corrected chi connectivity index (χ1v) is 9.59. The first-order chi connectivity index (χ1) is 12.1. The normalized spacial score (nSPS) is 28.3. The van der Waals surface area contributed by atoms with Gasteiger partial charge in [0.05, 0.1) is 16.0 Å². The van der Waals surface area contributed by atoms with E-state index in [0.29, 0.717) is 22.2 Å². The fourth-order valence-corrected chi connectivity index (χ4v) is 4.42. The Kier molecular flexibility index (Phi) is 4.46. The fourth-order valence-electron chi connectivity index (χ4n) is 4.21. The molecule has 1 saturated heterocycles. The number of rotatable bonds is 4. The van der Waals surface area contributed by atoms with Crippen LogP contribution in [0.4, 0.5) is 5.69 Å². The van der Waals surface area contributed by atoms with Gasteiger partial charge in [-0.05, 0) is 56.3 Å². The number of hydrogen-bond donors (Lipinski definition) is 3. The van der Waals surface area contributed by atoms with Crippen molar-refractivity contribution in [2.24, 2.45) is 11.3 Å². The van der Waals surface area contributed by atoms with E-state index in [1.807, 2.05) is 0 Å². The van der Waals surface area contributed by atoms with Crippen LogP contribution in [0.2, 0.25) is 5.02 Å². The van der Waals surface area contributed by atoms with Gasteiger partial charge in [-0.2, -0.15) is 0 Å². The third kappa shape index (κ3) is 3.27. The van der Waals surface area contributed by atoms with Crippen molar-refractivity contribution in [3.63, 3.8) is 0 Å². The van der Waals surface area contributed by atoms with Crippen molar-refractivity contribution >= 4 is 29.1 Å². The molecule has 2 amide bonds. The molecule has 1 heterocycles. The number of carbonyl (C=O) groups is 2. The highest BCUT2D eigenvalue weighted by atomic mass is 35.5. The summed E-state index contributed by atoms with van der Waals surface area (Å²) in [6.45, 7) is 1.66. The molecule has 25 heavy (non-hydrogen) atoms. The summed E-state index contributed by atoms with van der Waals surface area (Å²) in [6.07, 6.45) is 6.39. The predicted octanol–water partition coefficient (Wildman–Crippen LogP) is 2.95. The topological polar surface area (TPSA) is 70.2 Å². The van der Waals surface area contributed by atoms with Gasteiger partial charge in [0, 0.05) is 18.3 Å². The first kappa shape index (κ1) is 16.9. The third-order valence-electron chi connectivity index (χ3n) is 5.87. The van der Waals surface area contributed by atoms with E-state index in [1.165, 1.54) is 6.42 Å². The van der Waals surface area contributed by atoms with Gasteiger partial charge < -0.3 is 16.0 Å². The molecule has 0 unspecified atom stereocenters. The van der Waals surface area contributed by atoms with E-state index >= 15 is 0 Å². The van der Waals surface area contributed by atoms with Crippen molar-refractivity contribution in [2.75, 3.05) is 18.4 Å². The van der Waals surface area contributed by atoms with Crippen molar-refractivity contribution in [1.82, 2.24) is 10.6 Å². The van der Waals surface area contributed by atoms with Crippen LogP contribution in [0.1, 0.15) is 48.9 Å². The van der Waals surface area contributed by atoms with Crippen molar-refractivity contribution in [1.29, 1.82) is 0 Å². The van der Waals surface area contributed by atoms with Crippen molar-refractivity contribution in [2.45, 2.75) is 44.6 Å². The number of anilines is 1. The minimum Gasteiger partial charge on any atom is -0.349 e. The Morgan fingerprint density at radius 1 is 1.20 bits per heavy atom. The highest BCUT2D eigenvalue weighted by Crippen LogP contribution is 2.44. The molecule has 2 atom stereocenters. The zero-order chi connectivity index (χ0) is 17.4. The minimum absolute atomic E-state index is 0.0677. The lowest BCUT2D eigenvalue weighted by molar-refractivity contribution is -0.128. The Balaban J connectivity index is 1.52. The molecule has 1 aromatic carbocycles. The van der Waals surface area contributed by atoms with Crippen molar-refractivity contribution in [3.8, 4) is 0 Å². The summed E-state index contributed by atoms with van der Waals surface area (Å²) in [4.78, 5) is 25.4. The van der Waals surface area contributed by atoms with Gasteiger partial charge in [-0.25, -0.2) is 0 Å². The third-order valence-corrected chi connectivity index (χ3v) is 6.20. The van der Waals surface area contributed by atoms with Gasteiger partial charge in [-0.1, -0.05) is 24.4 Å². The summed E-state index contributed by atoms with van der Waals surface area (Å²) in [5, 5.41) is 9.79. The molecule has 0 spiro atoms. The van der Waals surface area contributed by atoms with Crippen molar-refractivity contribution < 1.29 is 9.59 Å². The van der Waals surface area contributed by atoms with Crippen LogP contribution in [0, 0.1) is 11.3 Å². The van der Waals surface area contributed by atoms with Crippen LogP contribution in [-0.4, -0.2) is 30.9 Å². The lowest BCUT2D eigenvalue weighted by Gasteiger charge is -2.37. The van der Waals surface area contributed by atoms with Crippen LogP contribution >= 0.6 is 11.6 Å². The van der Waals surface area contributed by atoms with E-state index < -0.39 is 0 Å². The van der Waals surface area contributed by atoms with E-state index in [9.17, 15) is 9.59 Å². The Labute approximate surface area is 152 Å². The molecule has 3 N–H and O–H groups in total. The molecule has 3 aliphatic rings. The number of carbonyl (C=O) groups excluding carboxylic acids is 2. The maximum absolute atomic E-state index is 13.0. The predicted molar refractivity (Wildman–Crippen MR) is 97.8 cm³/mol. The maximum Gasteiger partial charge on any atom is 0.253 e. The average Bonchev–Trinajstić information content (AvgIpc) is 3.30. The molecule has 4 rings (SSSR count). The van der Waals surface area contributed by atoms with E-state index in [0.717, 1.165) is 45.2 Å². The SMILES string of the molecule is O=C(NC1CC1)c1cc(NC(=O)[C@@]23CCCC[C@H]2CNC3)ccc1Cl. The molecule has 3 fully saturated rings. The lowest BCUT2D eigenvalue weighted by atomic mass is 9.67. The van der Waals surface area contributed by atoms with E-state index in [2.05, 4.69) is 16.0 Å². The summed E-state index contributed by atoms with van der Waals surface area (Å²) >= 11 is 6.18. The molecule has 2 saturated carbocycles. The second-order valence-electron chi connectivity index (χ2n) is 7.63. The molecule has 2 aliphatic carbocycles. The number of nitrogens with one attached hydrogen (secondary N) is 3. The minimum atomic E-state index is -0.311. The number of hydrogen-bond acceptors (Lipinski definition) is 3. The Morgan fingerprint density at radius 3 is 2.84 bits per heavy atom. The molecule has 0 radical (unpaired) electrons. The number of benzene rings is 1. The summed E-state index contributed by atoms with van der Waals surface area (Å²) in [7, 11) is 0. The Bertz CT molecular complexity index is 704. The Hall–Kier alpha value is -1.59. The van der Waals surface area contributed by atoms with Gasteiger partial charge in [0.15, 0.2) is 0 Å². The zero-order valence-electron chi connectivity index (χ0n) is 14.2. The quantitative estimate of drug-likeness (QED) is 0.772. The highest BCUT2D eigenvalue weighted by molar-refractivity contribution is 6.34. The van der Waals surface area contributed by atoms with Gasteiger partial charge in [0.1, 0.15) is 0 Å². The standard InChI is InChI=1S/C19H24ClN3O2/c20-16-7-6-14(9-15(16)17(24)22-13-4-5-13)23-18(25)19-8-2-1-3-12(19)10-21-11-19/h6-7,9,12-13,21H,1-5,8,10-11H2,(H,22,24)(H,23,25)/t12-,19+/m0/s1. The molecular weight excluding hydrogens is 338 g/mol. The number of amides is 2. The van der Waals surface area contributed by atoms with E-state index in [1.54, 1.807) is 18.2 Å². The van der Waals surface area contributed by atoms with Crippen LogP contribution in [0.25, 0.3) is 0 Å². The van der Waals surface area contributed by atoms with E-state index in [-0.39, 0.29) is 23.3 Å². The van der Waals surface area contributed by atoms with Crippen LogP contribution in [0.3, 0.4) is 0 Å². The Morgan fingerprint density at radius 2 is 2.04 bits per heavy atom. The number of fused-ring (bicyclic) bond motifs is 1. The largest absolute Gasteiger partial charge is 0.349 e. The molecule has 0 bridgehead atoms. The van der Waals surface area contributed by atoms with Gasteiger partial charge in [0.25, 0.3) is 5.91 Å². The van der Waals surface area contributed by atoms with Gasteiger partial charge in [-0.15, -0.1) is 0 Å². The van der Waals surface area contributed by atoms with E-state index in [4.69, 9.17) is 11.6 Å². The number of halogens is 1. The molecule has 1 aliphatic heterocycles. The van der Waals surface area contributed by atoms with Gasteiger partial charge in [0.2, 0.25) is 5.91 Å². The molecule has 1 aromatic rings. The second kappa shape index (κ2) is 6.61. The maximum atomic E-state index is 13.0. The smallest absolute Gasteiger partial charge is 0.253 e. The molecule has 0 aromatic heterocycles. The van der Waals surface area contributed by atoms with Crippen LogP contribution in [-0.2, 0) is 4.79 Å². The molecule has 6 heteroatoms. The van der Waals surface area contributed by atoms with Crippen LogP contribution < -0.4 is 16.0 Å².